The van der Waals surface area contributed by atoms with Crippen LogP contribution in [-0.2, 0) is 28.7 Å². The summed E-state index contributed by atoms with van der Waals surface area (Å²) in [5.41, 5.74) is 5.62. The van der Waals surface area contributed by atoms with Crippen LogP contribution in [0, 0.1) is 53.3 Å². The number of nitrogens with two attached hydrogens (primary N) is 1. The molecule has 5 atom stereocenters. The first kappa shape index (κ1) is 74.1. The topological polar surface area (TPSA) is 181 Å². The molecule has 7 N–H and O–H groups in total. The van der Waals surface area contributed by atoms with Crippen molar-refractivity contribution in [3.63, 3.8) is 0 Å². The van der Waals surface area contributed by atoms with Crippen molar-refractivity contribution >= 4 is 54.4 Å². The summed E-state index contributed by atoms with van der Waals surface area (Å²) in [5.74, 6) is 4.22. The van der Waals surface area contributed by atoms with Gasteiger partial charge in [-0.3, -0.25) is 24.0 Å². The normalized spacial score (nSPS) is 16.1. The van der Waals surface area contributed by atoms with Crippen LogP contribution < -0.4 is 32.3 Å². The van der Waals surface area contributed by atoms with E-state index in [-0.39, 0.29) is 46.7 Å². The highest BCUT2D eigenvalue weighted by atomic mass is 32.1. The lowest BCUT2D eigenvalue weighted by molar-refractivity contribution is -0.147. The van der Waals surface area contributed by atoms with E-state index in [4.69, 9.17) is 10.5 Å². The van der Waals surface area contributed by atoms with Gasteiger partial charge in [-0.15, -0.1) is 0 Å². The fraction of sp³-hybridized carbons (Fsp3) is 0.909. The molecular weight excluding hydrogens is 905 g/mol. The Balaban J connectivity index is -0.000000384. The molecule has 0 spiro atoms. The number of ketones is 4. The fourth-order valence-corrected chi connectivity index (χ4v) is 7.05. The van der Waals surface area contributed by atoms with E-state index in [1.807, 2.05) is 69.2 Å². The van der Waals surface area contributed by atoms with Gasteiger partial charge in [-0.25, -0.2) is 0 Å². The molecule has 0 aliphatic heterocycles. The first-order valence-electron chi connectivity index (χ1n) is 26.9. The molecule has 0 amide bonds. The molecule has 1 saturated carbocycles. The molecule has 14 heteroatoms. The standard InChI is InChI=1S/C14H27NO.C11H24N2O.C11H23NOS.C10H21NOS.C9H19NO2/c1-10(2)14(16)13-8-6-5-7-12(13)9-15-11(3)4;1-8(2)11(14)5-10(6-12)7-13-9(3)4;1-8(2)11(13)5-10(7-14)6-12-9(3)4;1-7(2)10(12)5-9(13)6-11-8(3)4;1-7(2)9(11)12-6-5-10-8(3)4/h10-13,15H,5-9H2,1-4H3;8-10,13H,5-7,12H2,1-4H3;8-10,12,14H,5-7H2,1-4H3;7-9,11,13H,5-6H2,1-4H3;7-8,10H,5-6H2,1-4H3. The van der Waals surface area contributed by atoms with Crippen molar-refractivity contribution < 1.29 is 28.7 Å². The van der Waals surface area contributed by atoms with Crippen molar-refractivity contribution in [3.8, 4) is 0 Å². The van der Waals surface area contributed by atoms with Crippen molar-refractivity contribution in [1.82, 2.24) is 26.6 Å². The number of ether oxygens (including phenoxy) is 1. The van der Waals surface area contributed by atoms with Gasteiger partial charge in [-0.05, 0) is 62.5 Å². The van der Waals surface area contributed by atoms with Crippen LogP contribution >= 0.6 is 25.3 Å². The minimum Gasteiger partial charge on any atom is -0.464 e. The molecule has 12 nitrogen and oxygen atoms in total. The van der Waals surface area contributed by atoms with Gasteiger partial charge < -0.3 is 37.1 Å². The number of hydrogen-bond donors (Lipinski definition) is 8. The molecule has 0 saturated heterocycles. The summed E-state index contributed by atoms with van der Waals surface area (Å²) >= 11 is 8.62. The Hall–Kier alpha value is -1.39. The second-order valence-corrected chi connectivity index (χ2v) is 23.3. The predicted molar refractivity (Wildman–Crippen MR) is 303 cm³/mol. The van der Waals surface area contributed by atoms with E-state index in [2.05, 4.69) is 121 Å². The van der Waals surface area contributed by atoms with Gasteiger partial charge >= 0.3 is 5.97 Å². The molecule has 0 aromatic carbocycles. The third-order valence-corrected chi connectivity index (χ3v) is 12.2. The Morgan fingerprint density at radius 2 is 0.928 bits per heavy atom. The van der Waals surface area contributed by atoms with E-state index in [1.165, 1.54) is 19.3 Å². The lowest BCUT2D eigenvalue weighted by atomic mass is 9.74. The Morgan fingerprint density at radius 1 is 0.522 bits per heavy atom. The van der Waals surface area contributed by atoms with E-state index >= 15 is 0 Å². The van der Waals surface area contributed by atoms with Gasteiger partial charge in [0.15, 0.2) is 0 Å². The minimum absolute atomic E-state index is 0.0240. The Labute approximate surface area is 437 Å². The zero-order valence-corrected chi connectivity index (χ0v) is 50.0. The first-order valence-corrected chi connectivity index (χ1v) is 28.0. The van der Waals surface area contributed by atoms with E-state index < -0.39 is 0 Å². The smallest absolute Gasteiger partial charge is 0.308 e. The Kier molecular flexibility index (Phi) is 48.6. The summed E-state index contributed by atoms with van der Waals surface area (Å²) in [6.07, 6.45) is 6.70. The molecule has 69 heavy (non-hydrogen) atoms. The molecule has 1 fully saturated rings. The number of thiol groups is 2. The van der Waals surface area contributed by atoms with Gasteiger partial charge in [0.25, 0.3) is 0 Å². The average Bonchev–Trinajstić information content (AvgIpc) is 3.26. The summed E-state index contributed by atoms with van der Waals surface area (Å²) in [5, 5.41) is 16.7. The maximum absolute atomic E-state index is 12.1. The van der Waals surface area contributed by atoms with Crippen molar-refractivity contribution in [3.05, 3.63) is 0 Å². The van der Waals surface area contributed by atoms with Gasteiger partial charge in [0.2, 0.25) is 0 Å². The van der Waals surface area contributed by atoms with Crippen molar-refractivity contribution in [1.29, 1.82) is 0 Å². The van der Waals surface area contributed by atoms with Gasteiger partial charge in [0, 0.05) is 97.4 Å². The Bertz CT molecular complexity index is 1260. The van der Waals surface area contributed by atoms with Crippen LogP contribution in [0.3, 0.4) is 0 Å². The van der Waals surface area contributed by atoms with Gasteiger partial charge in [0.05, 0.1) is 5.92 Å². The number of esters is 1. The zero-order chi connectivity index (χ0) is 54.4. The minimum atomic E-state index is -0.124. The summed E-state index contributed by atoms with van der Waals surface area (Å²) in [6.45, 7) is 45.7. The molecule has 412 valence electrons. The maximum atomic E-state index is 12.1. The van der Waals surface area contributed by atoms with Crippen LogP contribution in [0.2, 0.25) is 0 Å². The molecule has 0 aromatic rings. The first-order chi connectivity index (χ1) is 31.9. The second kappa shape index (κ2) is 45.2. The molecule has 0 aromatic heterocycles. The van der Waals surface area contributed by atoms with Crippen LogP contribution in [-0.4, -0.2) is 116 Å². The average molecular weight is 1020 g/mol. The molecule has 1 aliphatic carbocycles. The maximum Gasteiger partial charge on any atom is 0.308 e. The monoisotopic (exact) mass is 1020 g/mol. The van der Waals surface area contributed by atoms with Crippen LogP contribution in [0.25, 0.3) is 0 Å². The SMILES string of the molecule is CC(C)NCC(CN)CC(=O)C(C)C.CC(C)NCC(CS)CC(=O)C(C)C.CC(C)NCC(S)CC(=O)C(C)C.CC(C)NCC1CCCCC1C(=O)C(C)C.CC(C)NCCOC(=O)C(C)C. The zero-order valence-electron chi connectivity index (χ0n) is 48.2. The van der Waals surface area contributed by atoms with Gasteiger partial charge in [0.1, 0.15) is 29.7 Å². The summed E-state index contributed by atoms with van der Waals surface area (Å²) < 4.78 is 4.95. The molecule has 1 rings (SSSR count). The van der Waals surface area contributed by atoms with Gasteiger partial charge in [-0.2, -0.15) is 25.3 Å². The highest BCUT2D eigenvalue weighted by Gasteiger charge is 2.31. The fourth-order valence-electron chi connectivity index (χ4n) is 6.50. The molecule has 0 heterocycles. The molecule has 1 aliphatic rings. The number of carbonyl (C=O) groups is 5. The van der Waals surface area contributed by atoms with E-state index in [0.29, 0.717) is 104 Å². The number of nitrogens with one attached hydrogen (secondary N) is 5. The summed E-state index contributed by atoms with van der Waals surface area (Å²) in [7, 11) is 0. The highest BCUT2D eigenvalue weighted by Crippen LogP contribution is 2.32. The van der Waals surface area contributed by atoms with Crippen molar-refractivity contribution in [2.24, 2.45) is 59.0 Å². The highest BCUT2D eigenvalue weighted by molar-refractivity contribution is 7.81. The third kappa shape index (κ3) is 47.4. The second-order valence-electron chi connectivity index (χ2n) is 22.2. The predicted octanol–water partition coefficient (Wildman–Crippen LogP) is 9.42. The molecule has 0 bridgehead atoms. The molecular formula is C55H114N6O6S2. The number of carbonyl (C=O) groups excluding carboxylic acids is 5. The molecule has 0 radical (unpaired) electrons. The van der Waals surface area contributed by atoms with Crippen LogP contribution in [0.4, 0.5) is 0 Å². The molecule has 5 unspecified atom stereocenters. The Morgan fingerprint density at radius 3 is 1.32 bits per heavy atom. The lowest BCUT2D eigenvalue weighted by Crippen LogP contribution is -2.38. The number of Topliss-reactive ketones (excluding diaryl/α,β-unsaturated/α-hetero) is 4. The lowest BCUT2D eigenvalue weighted by Gasteiger charge is -2.32. The number of rotatable bonds is 30. The van der Waals surface area contributed by atoms with E-state index in [0.717, 1.165) is 44.9 Å². The van der Waals surface area contributed by atoms with Crippen LogP contribution in [0.5, 0.6) is 0 Å². The van der Waals surface area contributed by atoms with Gasteiger partial charge in [-0.1, -0.05) is 151 Å². The summed E-state index contributed by atoms with van der Waals surface area (Å²) in [4.78, 5) is 57.4. The third-order valence-electron chi connectivity index (χ3n) is 11.3. The largest absolute Gasteiger partial charge is 0.464 e. The quantitative estimate of drug-likeness (QED) is 0.0194. The summed E-state index contributed by atoms with van der Waals surface area (Å²) in [6, 6.07) is 2.37. The van der Waals surface area contributed by atoms with Crippen molar-refractivity contribution in [2.45, 2.75) is 219 Å². The van der Waals surface area contributed by atoms with Crippen LogP contribution in [0.1, 0.15) is 183 Å². The van der Waals surface area contributed by atoms with Crippen LogP contribution in [0.15, 0.2) is 0 Å². The van der Waals surface area contributed by atoms with E-state index in [1.54, 1.807) is 0 Å². The number of hydrogen-bond acceptors (Lipinski definition) is 14. The van der Waals surface area contributed by atoms with Crippen molar-refractivity contribution in [2.75, 3.05) is 51.6 Å². The van der Waals surface area contributed by atoms with E-state index in [9.17, 15) is 24.0 Å².